The van der Waals surface area contributed by atoms with Crippen LogP contribution in [0.2, 0.25) is 0 Å². The van der Waals surface area contributed by atoms with E-state index in [0.717, 1.165) is 16.2 Å². The summed E-state index contributed by atoms with van der Waals surface area (Å²) in [5.41, 5.74) is 0.699. The summed E-state index contributed by atoms with van der Waals surface area (Å²) in [7, 11) is 3.09. The van der Waals surface area contributed by atoms with Crippen molar-refractivity contribution in [3.8, 4) is 11.5 Å². The van der Waals surface area contributed by atoms with Gasteiger partial charge in [0.15, 0.2) is 5.17 Å². The number of carbonyl (C=O) groups excluding carboxylic acids is 2. The number of nitrogens with one attached hydrogen (secondary N) is 1. The third-order valence-electron chi connectivity index (χ3n) is 2.69. The molecule has 0 fully saturated rings. The second-order valence-electron chi connectivity index (χ2n) is 4.24. The predicted molar refractivity (Wildman–Crippen MR) is 89.1 cm³/mol. The number of carbonyl (C=O) groups is 2. The molecule has 0 saturated heterocycles. The van der Waals surface area contributed by atoms with Crippen molar-refractivity contribution in [2.45, 2.75) is 6.92 Å². The molecule has 1 N–H and O–H groups in total. The van der Waals surface area contributed by atoms with Crippen molar-refractivity contribution in [1.29, 1.82) is 0 Å². The molecule has 0 radical (unpaired) electrons. The van der Waals surface area contributed by atoms with E-state index in [4.69, 9.17) is 9.47 Å². The summed E-state index contributed by atoms with van der Waals surface area (Å²) in [5.74, 6) is 0.515. The molecule has 1 heterocycles. The van der Waals surface area contributed by atoms with Gasteiger partial charge in [-0.15, -0.1) is 0 Å². The number of ether oxygens (including phenoxy) is 2. The highest BCUT2D eigenvalue weighted by Gasteiger charge is 2.23. The van der Waals surface area contributed by atoms with Crippen molar-refractivity contribution in [2.24, 2.45) is 4.99 Å². The molecule has 0 saturated carbocycles. The van der Waals surface area contributed by atoms with Crippen LogP contribution in [-0.4, -0.2) is 31.2 Å². The molecule has 2 rings (SSSR count). The fraction of sp³-hybridized carbons (Fsp3) is 0.214. The number of hydrogen-bond acceptors (Lipinski definition) is 5. The lowest BCUT2D eigenvalue weighted by Gasteiger charge is -2.10. The number of benzene rings is 1. The molecule has 1 aliphatic rings. The number of amides is 2. The van der Waals surface area contributed by atoms with Crippen molar-refractivity contribution in [1.82, 2.24) is 5.32 Å². The van der Waals surface area contributed by atoms with Crippen LogP contribution in [0.25, 0.3) is 6.08 Å². The molecular weight excluding hydrogens is 372 g/mol. The summed E-state index contributed by atoms with van der Waals surface area (Å²) < 4.78 is 11.2. The second-order valence-corrected chi connectivity index (χ2v) is 6.13. The van der Waals surface area contributed by atoms with Crippen molar-refractivity contribution in [3.05, 3.63) is 27.1 Å². The van der Waals surface area contributed by atoms with E-state index < -0.39 is 5.91 Å². The Morgan fingerprint density at radius 1 is 1.32 bits per heavy atom. The Labute approximate surface area is 140 Å². The van der Waals surface area contributed by atoms with Crippen molar-refractivity contribution >= 4 is 50.7 Å². The standard InChI is InChI=1S/C14H13BrN2O4S/c1-7(18)16-14-17-13(19)12(22-14)5-8-4-9(15)11(21-3)6-10(8)20-2/h4-6H,1-3H3,(H,16,17,18,19). The van der Waals surface area contributed by atoms with E-state index in [1.165, 1.54) is 14.0 Å². The first-order chi connectivity index (χ1) is 10.4. The van der Waals surface area contributed by atoms with Gasteiger partial charge in [0.25, 0.3) is 5.91 Å². The second kappa shape index (κ2) is 6.97. The van der Waals surface area contributed by atoms with Crippen LogP contribution in [0.3, 0.4) is 0 Å². The number of aliphatic imine (C=N–C) groups is 1. The number of halogens is 1. The first-order valence-corrected chi connectivity index (χ1v) is 7.77. The van der Waals surface area contributed by atoms with Crippen LogP contribution < -0.4 is 14.8 Å². The molecular formula is C14H13BrN2O4S. The van der Waals surface area contributed by atoms with E-state index in [2.05, 4.69) is 26.2 Å². The Balaban J connectivity index is 2.32. The van der Waals surface area contributed by atoms with Gasteiger partial charge in [-0.25, -0.2) is 0 Å². The summed E-state index contributed by atoms with van der Waals surface area (Å²) in [5, 5.41) is 2.77. The van der Waals surface area contributed by atoms with Gasteiger partial charge in [-0.2, -0.15) is 4.99 Å². The van der Waals surface area contributed by atoms with E-state index in [-0.39, 0.29) is 11.1 Å². The zero-order chi connectivity index (χ0) is 16.3. The van der Waals surface area contributed by atoms with Crippen molar-refractivity contribution < 1.29 is 19.1 Å². The Hall–Kier alpha value is -1.80. The highest BCUT2D eigenvalue weighted by atomic mass is 79.9. The topological polar surface area (TPSA) is 77.0 Å². The molecule has 8 heteroatoms. The molecule has 1 aromatic rings. The highest BCUT2D eigenvalue weighted by Crippen LogP contribution is 2.36. The van der Waals surface area contributed by atoms with Gasteiger partial charge in [0, 0.05) is 18.6 Å². The zero-order valence-electron chi connectivity index (χ0n) is 12.1. The molecule has 0 bridgehead atoms. The van der Waals surface area contributed by atoms with Gasteiger partial charge in [-0.05, 0) is 39.8 Å². The Morgan fingerprint density at radius 2 is 2.00 bits per heavy atom. The molecule has 6 nitrogen and oxygen atoms in total. The number of thioether (sulfide) groups is 1. The van der Waals surface area contributed by atoms with E-state index >= 15 is 0 Å². The van der Waals surface area contributed by atoms with Crippen molar-refractivity contribution in [2.75, 3.05) is 14.2 Å². The van der Waals surface area contributed by atoms with Crippen LogP contribution >= 0.6 is 27.7 Å². The smallest absolute Gasteiger partial charge is 0.286 e. The maximum Gasteiger partial charge on any atom is 0.286 e. The fourth-order valence-electron chi connectivity index (χ4n) is 1.75. The molecule has 1 aromatic carbocycles. The summed E-state index contributed by atoms with van der Waals surface area (Å²) >= 11 is 4.50. The third kappa shape index (κ3) is 3.69. The summed E-state index contributed by atoms with van der Waals surface area (Å²) in [6, 6.07) is 3.51. The van der Waals surface area contributed by atoms with E-state index in [9.17, 15) is 9.59 Å². The SMILES string of the molecule is COc1cc(OC)c(C=C2SC(NC(C)=O)=NC2=O)cc1Br. The van der Waals surface area contributed by atoms with E-state index in [1.807, 2.05) is 0 Å². The quantitative estimate of drug-likeness (QED) is 0.810. The Bertz CT molecular complexity index is 700. The lowest BCUT2D eigenvalue weighted by molar-refractivity contribution is -0.117. The summed E-state index contributed by atoms with van der Waals surface area (Å²) in [6.45, 7) is 1.36. The first-order valence-electron chi connectivity index (χ1n) is 6.16. The monoisotopic (exact) mass is 384 g/mol. The number of methoxy groups -OCH3 is 2. The van der Waals surface area contributed by atoms with Gasteiger partial charge >= 0.3 is 0 Å². The van der Waals surface area contributed by atoms with Crippen LogP contribution in [0.1, 0.15) is 12.5 Å². The fourth-order valence-corrected chi connectivity index (χ4v) is 3.12. The summed E-state index contributed by atoms with van der Waals surface area (Å²) in [6.07, 6.45) is 1.66. The minimum Gasteiger partial charge on any atom is -0.496 e. The number of rotatable bonds is 3. The summed E-state index contributed by atoms with van der Waals surface area (Å²) in [4.78, 5) is 27.1. The maximum atomic E-state index is 11.9. The highest BCUT2D eigenvalue weighted by molar-refractivity contribution is 9.10. The van der Waals surface area contributed by atoms with Crippen LogP contribution in [0.15, 0.2) is 26.5 Å². The predicted octanol–water partition coefficient (Wildman–Crippen LogP) is 2.57. The molecule has 2 amide bonds. The van der Waals surface area contributed by atoms with Gasteiger partial charge in [-0.3, -0.25) is 9.59 Å². The normalized spacial score (nSPS) is 15.7. The van der Waals surface area contributed by atoms with Crippen LogP contribution in [0.4, 0.5) is 0 Å². The molecule has 22 heavy (non-hydrogen) atoms. The van der Waals surface area contributed by atoms with Gasteiger partial charge < -0.3 is 14.8 Å². The maximum absolute atomic E-state index is 11.9. The molecule has 0 atom stereocenters. The molecule has 0 aliphatic carbocycles. The molecule has 0 unspecified atom stereocenters. The van der Waals surface area contributed by atoms with Gasteiger partial charge in [0.1, 0.15) is 11.5 Å². The lowest BCUT2D eigenvalue weighted by Crippen LogP contribution is -2.23. The number of hydrogen-bond donors (Lipinski definition) is 1. The van der Waals surface area contributed by atoms with Crippen molar-refractivity contribution in [3.63, 3.8) is 0 Å². The minimum atomic E-state index is -0.400. The molecule has 1 aliphatic heterocycles. The lowest BCUT2D eigenvalue weighted by atomic mass is 10.1. The number of amidine groups is 1. The molecule has 0 aromatic heterocycles. The average molecular weight is 385 g/mol. The Kier molecular flexibility index (Phi) is 5.25. The van der Waals surface area contributed by atoms with Gasteiger partial charge in [-0.1, -0.05) is 0 Å². The molecule has 0 spiro atoms. The molecule has 116 valence electrons. The minimum absolute atomic E-state index is 0.273. The largest absolute Gasteiger partial charge is 0.496 e. The van der Waals surface area contributed by atoms with Gasteiger partial charge in [0.05, 0.1) is 23.6 Å². The third-order valence-corrected chi connectivity index (χ3v) is 4.21. The van der Waals surface area contributed by atoms with E-state index in [0.29, 0.717) is 22.0 Å². The van der Waals surface area contributed by atoms with Crippen LogP contribution in [-0.2, 0) is 9.59 Å². The first kappa shape index (κ1) is 16.6. The van der Waals surface area contributed by atoms with Gasteiger partial charge in [0.2, 0.25) is 5.91 Å². The van der Waals surface area contributed by atoms with E-state index in [1.54, 1.807) is 25.3 Å². The zero-order valence-corrected chi connectivity index (χ0v) is 14.5. The van der Waals surface area contributed by atoms with Crippen LogP contribution in [0.5, 0.6) is 11.5 Å². The number of nitrogens with zero attached hydrogens (tertiary/aromatic N) is 1. The Morgan fingerprint density at radius 3 is 2.59 bits per heavy atom. The average Bonchev–Trinajstić information content (AvgIpc) is 2.78. The van der Waals surface area contributed by atoms with Crippen LogP contribution in [0, 0.1) is 0 Å².